The van der Waals surface area contributed by atoms with E-state index < -0.39 is 47.9 Å². The number of carboxylic acids is 1. The fraction of sp³-hybridized carbons (Fsp3) is 0.600. The van der Waals surface area contributed by atoms with Crippen LogP contribution in [0.2, 0.25) is 0 Å². The number of carbonyl (C=O) groups is 4. The number of hydrogen-bond acceptors (Lipinski definition) is 8. The topological polar surface area (TPSA) is 244 Å². The van der Waals surface area contributed by atoms with Crippen molar-refractivity contribution in [2.45, 2.75) is 56.8 Å². The van der Waals surface area contributed by atoms with Crippen LogP contribution in [0.15, 0.2) is 17.5 Å². The number of amides is 3. The number of nitrogens with one attached hydrogen (secondary N) is 4. The Labute approximate surface area is 207 Å². The van der Waals surface area contributed by atoms with Gasteiger partial charge in [0, 0.05) is 24.9 Å². The summed E-state index contributed by atoms with van der Waals surface area (Å²) in [5, 5.41) is 16.7. The minimum Gasteiger partial charge on any atom is -0.480 e. The van der Waals surface area contributed by atoms with Gasteiger partial charge in [-0.15, -0.1) is 0 Å². The fourth-order valence-electron chi connectivity index (χ4n) is 2.93. The van der Waals surface area contributed by atoms with Crippen LogP contribution in [0.3, 0.4) is 0 Å². The summed E-state index contributed by atoms with van der Waals surface area (Å²) in [5.41, 5.74) is 17.3. The van der Waals surface area contributed by atoms with Gasteiger partial charge in [0.05, 0.1) is 12.4 Å². The smallest absolute Gasteiger partial charge is 0.325 e. The van der Waals surface area contributed by atoms with Crippen molar-refractivity contribution >= 4 is 41.4 Å². The van der Waals surface area contributed by atoms with E-state index in [1.807, 2.05) is 6.26 Å². The summed E-state index contributed by atoms with van der Waals surface area (Å²) in [4.78, 5) is 60.0. The first-order valence-electron chi connectivity index (χ1n) is 11.0. The van der Waals surface area contributed by atoms with E-state index in [0.29, 0.717) is 17.9 Å². The molecule has 1 aromatic heterocycles. The minimum atomic E-state index is -1.20. The van der Waals surface area contributed by atoms with E-state index in [9.17, 15) is 19.2 Å². The van der Waals surface area contributed by atoms with Crippen LogP contribution < -0.4 is 33.2 Å². The van der Waals surface area contributed by atoms with E-state index in [0.717, 1.165) is 0 Å². The van der Waals surface area contributed by atoms with Gasteiger partial charge >= 0.3 is 5.97 Å². The average Bonchev–Trinajstić information content (AvgIpc) is 3.30. The monoisotopic (exact) mass is 513 g/mol. The Morgan fingerprint density at radius 3 is 2.31 bits per heavy atom. The number of aromatic amines is 1. The molecule has 196 valence electrons. The maximum atomic E-state index is 13.1. The first-order chi connectivity index (χ1) is 16.5. The second-order valence-electron chi connectivity index (χ2n) is 7.81. The molecular formula is C20H35N9O5S. The van der Waals surface area contributed by atoms with Crippen LogP contribution in [0, 0.1) is 0 Å². The van der Waals surface area contributed by atoms with Crippen LogP contribution >= 0.6 is 11.8 Å². The molecular weight excluding hydrogens is 478 g/mol. The number of H-pyrrole nitrogens is 1. The van der Waals surface area contributed by atoms with Gasteiger partial charge in [0.15, 0.2) is 5.96 Å². The van der Waals surface area contributed by atoms with Crippen LogP contribution in [0.1, 0.15) is 31.9 Å². The van der Waals surface area contributed by atoms with Crippen LogP contribution in [0.4, 0.5) is 0 Å². The number of guanidine groups is 1. The third-order valence-corrected chi connectivity index (χ3v) is 5.53. The molecule has 0 aromatic carbocycles. The van der Waals surface area contributed by atoms with Crippen molar-refractivity contribution in [1.29, 1.82) is 0 Å². The minimum absolute atomic E-state index is 0.0991. The number of carboxylic acid groups (broad SMARTS) is 1. The number of imidazole rings is 1. The van der Waals surface area contributed by atoms with Crippen molar-refractivity contribution in [2.24, 2.45) is 22.2 Å². The zero-order valence-corrected chi connectivity index (χ0v) is 20.6. The molecule has 1 rings (SSSR count). The molecule has 0 aliphatic heterocycles. The van der Waals surface area contributed by atoms with Gasteiger partial charge in [0.25, 0.3) is 0 Å². The Hall–Kier alpha value is -3.33. The third-order valence-electron chi connectivity index (χ3n) is 4.88. The number of aromatic nitrogens is 2. The van der Waals surface area contributed by atoms with E-state index in [4.69, 9.17) is 22.3 Å². The number of rotatable bonds is 16. The maximum Gasteiger partial charge on any atom is 0.325 e. The highest BCUT2D eigenvalue weighted by Crippen LogP contribution is 2.06. The molecule has 0 aliphatic rings. The molecule has 0 bridgehead atoms. The van der Waals surface area contributed by atoms with Crippen LogP contribution in [0.5, 0.6) is 0 Å². The fourth-order valence-corrected chi connectivity index (χ4v) is 3.40. The lowest BCUT2D eigenvalue weighted by Crippen LogP contribution is -2.57. The molecule has 35 heavy (non-hydrogen) atoms. The van der Waals surface area contributed by atoms with Crippen LogP contribution in [-0.4, -0.2) is 87.4 Å². The number of carbonyl (C=O) groups excluding carboxylic acids is 3. The Kier molecular flexibility index (Phi) is 13.2. The van der Waals surface area contributed by atoms with Gasteiger partial charge in [0.1, 0.15) is 18.1 Å². The molecule has 0 aliphatic carbocycles. The predicted molar refractivity (Wildman–Crippen MR) is 132 cm³/mol. The van der Waals surface area contributed by atoms with Gasteiger partial charge < -0.3 is 43.2 Å². The molecule has 3 amide bonds. The number of nitrogens with two attached hydrogens (primary N) is 3. The number of nitrogens with zero attached hydrogens (tertiary/aromatic N) is 2. The molecule has 0 spiro atoms. The molecule has 14 nitrogen and oxygen atoms in total. The molecule has 15 heteroatoms. The lowest BCUT2D eigenvalue weighted by Gasteiger charge is -2.24. The van der Waals surface area contributed by atoms with Crippen molar-refractivity contribution in [1.82, 2.24) is 25.9 Å². The molecule has 0 fully saturated rings. The lowest BCUT2D eigenvalue weighted by atomic mass is 10.1. The van der Waals surface area contributed by atoms with E-state index in [-0.39, 0.29) is 31.8 Å². The Morgan fingerprint density at radius 2 is 1.74 bits per heavy atom. The van der Waals surface area contributed by atoms with E-state index >= 15 is 0 Å². The second kappa shape index (κ2) is 15.5. The van der Waals surface area contributed by atoms with E-state index in [1.54, 1.807) is 6.20 Å². The zero-order chi connectivity index (χ0) is 26.4. The molecule has 4 atom stereocenters. The standard InChI is InChI=1S/C20H35N9O5S/c1-11(19(33)34)27-17(31)15(5-7-35-2)29-18(32)14(4-3-6-25-20(22)23)28-16(30)13(21)8-12-9-24-10-26-12/h9-11,13-15H,3-8,21H2,1-2H3,(H,24,26)(H,27,31)(H,28,30)(H,29,32)(H,33,34)(H4,22,23,25). The van der Waals surface area contributed by atoms with Crippen molar-refractivity contribution in [3.63, 3.8) is 0 Å². The number of aliphatic carboxylic acids is 1. The van der Waals surface area contributed by atoms with Crippen LogP contribution in [-0.2, 0) is 25.6 Å². The first kappa shape index (κ1) is 29.7. The van der Waals surface area contributed by atoms with Crippen molar-refractivity contribution < 1.29 is 24.3 Å². The zero-order valence-electron chi connectivity index (χ0n) is 19.8. The van der Waals surface area contributed by atoms with Crippen molar-refractivity contribution in [3.8, 4) is 0 Å². The third kappa shape index (κ3) is 11.6. The summed E-state index contributed by atoms with van der Waals surface area (Å²) >= 11 is 1.46. The number of thioether (sulfide) groups is 1. The summed E-state index contributed by atoms with van der Waals surface area (Å²) in [6, 6.07) is -4.10. The van der Waals surface area contributed by atoms with Gasteiger partial charge in [-0.25, -0.2) is 4.98 Å². The Balaban J connectivity index is 2.92. The summed E-state index contributed by atoms with van der Waals surface area (Å²) in [6.45, 7) is 1.55. The molecule has 4 unspecified atom stereocenters. The van der Waals surface area contributed by atoms with E-state index in [2.05, 4.69) is 30.9 Å². The van der Waals surface area contributed by atoms with Crippen molar-refractivity contribution in [2.75, 3.05) is 18.6 Å². The first-order valence-corrected chi connectivity index (χ1v) is 12.4. The van der Waals surface area contributed by atoms with E-state index in [1.165, 1.54) is 25.0 Å². The largest absolute Gasteiger partial charge is 0.480 e. The van der Waals surface area contributed by atoms with Gasteiger partial charge in [0.2, 0.25) is 17.7 Å². The molecule has 0 radical (unpaired) electrons. The normalized spacial score (nSPS) is 14.1. The van der Waals surface area contributed by atoms with Gasteiger partial charge in [-0.05, 0) is 38.2 Å². The average molecular weight is 514 g/mol. The second-order valence-corrected chi connectivity index (χ2v) is 8.79. The summed E-state index contributed by atoms with van der Waals surface area (Å²) in [5.74, 6) is -2.57. The predicted octanol–water partition coefficient (Wildman–Crippen LogP) is -2.35. The maximum absolute atomic E-state index is 13.1. The van der Waals surface area contributed by atoms with Crippen molar-refractivity contribution in [3.05, 3.63) is 18.2 Å². The summed E-state index contributed by atoms with van der Waals surface area (Å²) < 4.78 is 0. The molecule has 0 saturated heterocycles. The van der Waals surface area contributed by atoms with Gasteiger partial charge in [-0.3, -0.25) is 24.2 Å². The lowest BCUT2D eigenvalue weighted by molar-refractivity contribution is -0.141. The molecule has 0 saturated carbocycles. The Morgan fingerprint density at radius 1 is 1.11 bits per heavy atom. The highest BCUT2D eigenvalue weighted by Gasteiger charge is 2.29. The van der Waals surface area contributed by atoms with Gasteiger partial charge in [-0.2, -0.15) is 11.8 Å². The molecule has 1 heterocycles. The SMILES string of the molecule is CSCCC(NC(=O)C(CCCN=C(N)N)NC(=O)C(N)Cc1cnc[nH]1)C(=O)NC(C)C(=O)O. The van der Waals surface area contributed by atoms with Gasteiger partial charge in [-0.1, -0.05) is 0 Å². The highest BCUT2D eigenvalue weighted by molar-refractivity contribution is 7.98. The number of hydrogen-bond donors (Lipinski definition) is 8. The highest BCUT2D eigenvalue weighted by atomic mass is 32.2. The molecule has 1 aromatic rings. The summed E-state index contributed by atoms with van der Waals surface area (Å²) in [7, 11) is 0. The number of aliphatic imine (C=N–C) groups is 1. The summed E-state index contributed by atoms with van der Waals surface area (Å²) in [6.07, 6.45) is 5.82. The van der Waals surface area contributed by atoms with Crippen LogP contribution in [0.25, 0.3) is 0 Å². The quantitative estimate of drug-likeness (QED) is 0.0664. The molecule has 11 N–H and O–H groups in total. The Bertz CT molecular complexity index is 861.